The van der Waals surface area contributed by atoms with Gasteiger partial charge in [-0.05, 0) is 44.2 Å². The summed E-state index contributed by atoms with van der Waals surface area (Å²) in [6, 6.07) is 11.2. The zero-order valence-electron chi connectivity index (χ0n) is 14.4. The Morgan fingerprint density at radius 1 is 1.38 bits per heavy atom. The van der Waals surface area contributed by atoms with Gasteiger partial charge >= 0.3 is 5.97 Å². The molecule has 0 spiro atoms. The molecule has 1 saturated heterocycles. The fraction of sp³-hybridized carbons (Fsp3) is 0.579. The van der Waals surface area contributed by atoms with Crippen LogP contribution in [0.2, 0.25) is 0 Å². The highest BCUT2D eigenvalue weighted by Gasteiger charge is 2.23. The average molecular weight is 349 g/mol. The van der Waals surface area contributed by atoms with E-state index in [0.717, 1.165) is 25.9 Å². The molecular weight excluding hydrogens is 320 g/mol. The Labute approximate surface area is 150 Å². The van der Waals surface area contributed by atoms with E-state index in [1.165, 1.54) is 31.7 Å². The summed E-state index contributed by atoms with van der Waals surface area (Å²) in [5.41, 5.74) is 7.04. The van der Waals surface area contributed by atoms with Crippen molar-refractivity contribution in [1.82, 2.24) is 4.90 Å². The number of hydrogen-bond donors (Lipinski definition) is 1. The molecule has 2 N–H and O–H groups in total. The predicted octanol–water partition coefficient (Wildman–Crippen LogP) is 3.43. The van der Waals surface area contributed by atoms with Crippen LogP contribution in [-0.4, -0.2) is 34.5 Å². The van der Waals surface area contributed by atoms with Gasteiger partial charge in [0.15, 0.2) is 6.10 Å². The van der Waals surface area contributed by atoms with Gasteiger partial charge in [0.2, 0.25) is 0 Å². The molecule has 2 rings (SSSR count). The molecule has 5 heteroatoms. The number of likely N-dealkylation sites (tertiary alicyclic amines) is 1. The molecule has 0 amide bonds. The van der Waals surface area contributed by atoms with E-state index in [2.05, 4.69) is 35.2 Å². The number of rotatable bonds is 8. The molecule has 0 aliphatic carbocycles. The number of esters is 1. The zero-order chi connectivity index (χ0) is 17.4. The van der Waals surface area contributed by atoms with Crippen LogP contribution in [0.1, 0.15) is 51.0 Å². The van der Waals surface area contributed by atoms with Gasteiger partial charge in [0.1, 0.15) is 4.99 Å². The van der Waals surface area contributed by atoms with Crippen LogP contribution in [0.3, 0.4) is 0 Å². The first-order valence-corrected chi connectivity index (χ1v) is 9.21. The number of carbonyl (C=O) groups is 1. The molecule has 2 unspecified atom stereocenters. The minimum atomic E-state index is -0.427. The summed E-state index contributed by atoms with van der Waals surface area (Å²) in [4.78, 5) is 14.0. The van der Waals surface area contributed by atoms with Gasteiger partial charge in [-0.1, -0.05) is 49.0 Å². The van der Waals surface area contributed by atoms with Gasteiger partial charge in [0, 0.05) is 19.5 Å². The Kier molecular flexibility index (Phi) is 7.66. The Bertz CT molecular complexity index is 535. The first-order valence-electron chi connectivity index (χ1n) is 8.81. The zero-order valence-corrected chi connectivity index (χ0v) is 15.3. The highest BCUT2D eigenvalue weighted by atomic mass is 32.1. The minimum Gasteiger partial charge on any atom is -0.455 e. The molecule has 1 heterocycles. The van der Waals surface area contributed by atoms with Gasteiger partial charge in [-0.15, -0.1) is 0 Å². The lowest BCUT2D eigenvalue weighted by molar-refractivity contribution is -0.143. The van der Waals surface area contributed by atoms with Crippen molar-refractivity contribution >= 4 is 23.2 Å². The number of thiocarbonyl (C=S) groups is 1. The molecule has 1 aromatic carbocycles. The Morgan fingerprint density at radius 3 is 2.79 bits per heavy atom. The molecule has 1 aliphatic heterocycles. The van der Waals surface area contributed by atoms with Crippen LogP contribution < -0.4 is 5.73 Å². The highest BCUT2D eigenvalue weighted by Crippen LogP contribution is 2.24. The second kappa shape index (κ2) is 9.74. The van der Waals surface area contributed by atoms with Crippen molar-refractivity contribution in [2.45, 2.75) is 64.1 Å². The second-order valence-corrected chi connectivity index (χ2v) is 7.01. The number of piperidine rings is 1. The first-order chi connectivity index (χ1) is 11.6. The number of hydrogen-bond acceptors (Lipinski definition) is 4. The summed E-state index contributed by atoms with van der Waals surface area (Å²) in [5, 5.41) is 0. The maximum Gasteiger partial charge on any atom is 0.303 e. The number of benzene rings is 1. The fourth-order valence-electron chi connectivity index (χ4n) is 3.41. The van der Waals surface area contributed by atoms with Crippen LogP contribution in [0.15, 0.2) is 30.3 Å². The van der Waals surface area contributed by atoms with Gasteiger partial charge in [-0.2, -0.15) is 0 Å². The Morgan fingerprint density at radius 2 is 2.12 bits per heavy atom. The monoisotopic (exact) mass is 348 g/mol. The van der Waals surface area contributed by atoms with E-state index in [0.29, 0.717) is 12.5 Å². The van der Waals surface area contributed by atoms with E-state index in [4.69, 9.17) is 22.7 Å². The molecule has 0 bridgehead atoms. The Balaban J connectivity index is 1.84. The third-order valence-electron chi connectivity index (χ3n) is 4.61. The third kappa shape index (κ3) is 6.21. The normalized spacial score (nSPS) is 19.6. The number of nitrogens with two attached hydrogens (primary N) is 1. The highest BCUT2D eigenvalue weighted by molar-refractivity contribution is 7.80. The van der Waals surface area contributed by atoms with Gasteiger partial charge in [-0.25, -0.2) is 0 Å². The molecular formula is C19H28N2O2S. The number of ether oxygens (including phenoxy) is 1. The largest absolute Gasteiger partial charge is 0.455 e. The molecule has 0 aromatic heterocycles. The molecule has 2 atom stereocenters. The molecule has 1 aliphatic rings. The maximum atomic E-state index is 11.1. The van der Waals surface area contributed by atoms with E-state index in [9.17, 15) is 4.79 Å². The quantitative estimate of drug-likeness (QED) is 0.576. The van der Waals surface area contributed by atoms with E-state index < -0.39 is 6.10 Å². The van der Waals surface area contributed by atoms with Crippen molar-refractivity contribution in [3.63, 3.8) is 0 Å². The van der Waals surface area contributed by atoms with Crippen molar-refractivity contribution in [2.75, 3.05) is 6.54 Å². The van der Waals surface area contributed by atoms with Gasteiger partial charge in [-0.3, -0.25) is 9.69 Å². The molecule has 1 fully saturated rings. The molecule has 0 radical (unpaired) electrons. The van der Waals surface area contributed by atoms with Gasteiger partial charge in [0.05, 0.1) is 0 Å². The Hall–Kier alpha value is -1.46. The summed E-state index contributed by atoms with van der Waals surface area (Å²) in [6.07, 6.45) is 6.13. The van der Waals surface area contributed by atoms with Crippen molar-refractivity contribution in [3.8, 4) is 0 Å². The van der Waals surface area contributed by atoms with E-state index in [1.807, 2.05) is 0 Å². The van der Waals surface area contributed by atoms with E-state index in [1.54, 1.807) is 0 Å². The second-order valence-electron chi connectivity index (χ2n) is 6.54. The standard InChI is InChI=1S/C19H28N2O2S/c1-15(22)23-18(19(20)24)12-7-11-17-10-5-6-13-21(17)14-16-8-3-2-4-9-16/h2-4,8-9,17-18H,5-7,10-14H2,1H3,(H2,20,24). The fourth-order valence-corrected chi connectivity index (χ4v) is 3.58. The lowest BCUT2D eigenvalue weighted by Gasteiger charge is -2.36. The first kappa shape index (κ1) is 18.9. The van der Waals surface area contributed by atoms with Crippen molar-refractivity contribution in [2.24, 2.45) is 5.73 Å². The van der Waals surface area contributed by atoms with E-state index in [-0.39, 0.29) is 11.0 Å². The SMILES string of the molecule is CC(=O)OC(CCCC1CCCCN1Cc1ccccc1)C(N)=S. The average Bonchev–Trinajstić information content (AvgIpc) is 2.56. The molecule has 24 heavy (non-hydrogen) atoms. The molecule has 4 nitrogen and oxygen atoms in total. The smallest absolute Gasteiger partial charge is 0.303 e. The lowest BCUT2D eigenvalue weighted by atomic mass is 9.95. The summed E-state index contributed by atoms with van der Waals surface area (Å²) in [7, 11) is 0. The van der Waals surface area contributed by atoms with Gasteiger partial charge in [0.25, 0.3) is 0 Å². The summed E-state index contributed by atoms with van der Waals surface area (Å²) in [5.74, 6) is -0.323. The minimum absolute atomic E-state index is 0.273. The summed E-state index contributed by atoms with van der Waals surface area (Å²) in [6.45, 7) is 3.56. The van der Waals surface area contributed by atoms with Crippen LogP contribution in [0, 0.1) is 0 Å². The van der Waals surface area contributed by atoms with Crippen LogP contribution in [0.4, 0.5) is 0 Å². The van der Waals surface area contributed by atoms with Crippen molar-refractivity contribution in [3.05, 3.63) is 35.9 Å². The topological polar surface area (TPSA) is 55.6 Å². The van der Waals surface area contributed by atoms with Crippen LogP contribution in [0.25, 0.3) is 0 Å². The summed E-state index contributed by atoms with van der Waals surface area (Å²) >= 11 is 5.01. The maximum absolute atomic E-state index is 11.1. The molecule has 1 aromatic rings. The van der Waals surface area contributed by atoms with Crippen LogP contribution in [0.5, 0.6) is 0 Å². The summed E-state index contributed by atoms with van der Waals surface area (Å²) < 4.78 is 5.20. The molecule has 132 valence electrons. The van der Waals surface area contributed by atoms with Crippen LogP contribution >= 0.6 is 12.2 Å². The molecule has 0 saturated carbocycles. The predicted molar refractivity (Wildman–Crippen MR) is 101 cm³/mol. The number of carbonyl (C=O) groups excluding carboxylic acids is 1. The van der Waals surface area contributed by atoms with Crippen molar-refractivity contribution < 1.29 is 9.53 Å². The van der Waals surface area contributed by atoms with Crippen LogP contribution in [-0.2, 0) is 16.1 Å². The third-order valence-corrected chi connectivity index (χ3v) is 4.87. The van der Waals surface area contributed by atoms with Crippen molar-refractivity contribution in [1.29, 1.82) is 0 Å². The number of nitrogens with zero attached hydrogens (tertiary/aromatic N) is 1. The van der Waals surface area contributed by atoms with Gasteiger partial charge < -0.3 is 10.5 Å². The van der Waals surface area contributed by atoms with E-state index >= 15 is 0 Å². The lowest BCUT2D eigenvalue weighted by Crippen LogP contribution is -2.39.